The van der Waals surface area contributed by atoms with Gasteiger partial charge in [0.25, 0.3) is 0 Å². The molecule has 0 fully saturated rings. The first-order valence-electron chi connectivity index (χ1n) is 41.0. The number of aliphatic hydroxyl groups excluding tert-OH is 1. The van der Waals surface area contributed by atoms with Gasteiger partial charge in [-0.15, -0.1) is 0 Å². The molecule has 0 amide bonds. The fraction of sp³-hybridized carbons (Fsp3) is 0.949. The molecule has 0 rings (SSSR count). The van der Waals surface area contributed by atoms with Gasteiger partial charge in [-0.3, -0.25) is 37.3 Å². The van der Waals surface area contributed by atoms with Crippen LogP contribution in [-0.4, -0.2) is 96.7 Å². The number of hydrogen-bond donors (Lipinski definition) is 3. The highest BCUT2D eigenvalue weighted by molar-refractivity contribution is 7.47. The largest absolute Gasteiger partial charge is 0.472 e. The lowest BCUT2D eigenvalue weighted by Gasteiger charge is -2.21. The van der Waals surface area contributed by atoms with E-state index in [2.05, 4.69) is 41.5 Å². The van der Waals surface area contributed by atoms with Crippen molar-refractivity contribution >= 4 is 39.5 Å². The molecule has 0 aliphatic rings. The van der Waals surface area contributed by atoms with E-state index in [9.17, 15) is 43.2 Å². The van der Waals surface area contributed by atoms with E-state index in [1.165, 1.54) is 231 Å². The van der Waals surface area contributed by atoms with Gasteiger partial charge in [-0.1, -0.05) is 363 Å². The smallest absolute Gasteiger partial charge is 0.462 e. The summed E-state index contributed by atoms with van der Waals surface area (Å²) in [6, 6.07) is 0. The van der Waals surface area contributed by atoms with Crippen LogP contribution in [0.2, 0.25) is 0 Å². The van der Waals surface area contributed by atoms with Gasteiger partial charge in [0, 0.05) is 25.7 Å². The number of phosphoric ester groups is 2. The Bertz CT molecular complexity index is 1890. The van der Waals surface area contributed by atoms with Crippen LogP contribution in [0, 0.1) is 11.8 Å². The molecule has 98 heavy (non-hydrogen) atoms. The number of hydrogen-bond acceptors (Lipinski definition) is 15. The standard InChI is InChI=1S/C79H154O17P2/c1-7-9-11-13-15-17-19-20-21-22-23-24-25-26-27-28-31-39-45-51-57-63-78(83)95-75(68-90-77(82)62-56-50-44-38-32-29-30-35-41-47-53-59-71(3)4)70-94-98(87,88)92-66-73(80)65-91-97(85,86)93-69-74(67-89-76(81)61-55-49-43-37-18-16-14-12-10-8-2)96-79(84)64-58-52-46-40-34-33-36-42-48-54-60-72(5)6/h71-75,80H,7-70H2,1-6H3,(H,85,86)(H,87,88)/t73-,74+,75+/m0/s1. The fourth-order valence-electron chi connectivity index (χ4n) is 12.2. The van der Waals surface area contributed by atoms with E-state index in [1.807, 2.05) is 0 Å². The van der Waals surface area contributed by atoms with Crippen LogP contribution in [0.1, 0.15) is 414 Å². The normalized spacial score (nSPS) is 13.9. The highest BCUT2D eigenvalue weighted by atomic mass is 31.2. The van der Waals surface area contributed by atoms with Gasteiger partial charge < -0.3 is 33.8 Å². The molecule has 0 radical (unpaired) electrons. The van der Waals surface area contributed by atoms with Crippen molar-refractivity contribution in [1.29, 1.82) is 0 Å². The molecule has 582 valence electrons. The Labute approximate surface area is 600 Å². The summed E-state index contributed by atoms with van der Waals surface area (Å²) in [5.74, 6) is -0.589. The number of esters is 4. The molecule has 0 saturated carbocycles. The van der Waals surface area contributed by atoms with E-state index in [0.29, 0.717) is 25.7 Å². The molecule has 19 heteroatoms. The molecular formula is C79H154O17P2. The van der Waals surface area contributed by atoms with Crippen molar-refractivity contribution < 1.29 is 80.2 Å². The fourth-order valence-corrected chi connectivity index (χ4v) is 13.8. The lowest BCUT2D eigenvalue weighted by Crippen LogP contribution is -2.30. The van der Waals surface area contributed by atoms with Crippen molar-refractivity contribution in [1.82, 2.24) is 0 Å². The van der Waals surface area contributed by atoms with E-state index in [0.717, 1.165) is 102 Å². The van der Waals surface area contributed by atoms with Gasteiger partial charge in [0.2, 0.25) is 0 Å². The minimum atomic E-state index is -4.96. The molecule has 0 saturated heterocycles. The molecule has 17 nitrogen and oxygen atoms in total. The lowest BCUT2D eigenvalue weighted by atomic mass is 10.0. The van der Waals surface area contributed by atoms with Crippen LogP contribution >= 0.6 is 15.6 Å². The predicted octanol–water partition coefficient (Wildman–Crippen LogP) is 23.5. The zero-order valence-corrected chi connectivity index (χ0v) is 65.9. The van der Waals surface area contributed by atoms with E-state index < -0.39 is 97.5 Å². The summed E-state index contributed by atoms with van der Waals surface area (Å²) in [5, 5.41) is 10.6. The highest BCUT2D eigenvalue weighted by Gasteiger charge is 2.30. The first-order valence-corrected chi connectivity index (χ1v) is 44.0. The maximum atomic E-state index is 13.1. The van der Waals surface area contributed by atoms with Crippen LogP contribution in [0.5, 0.6) is 0 Å². The minimum Gasteiger partial charge on any atom is -0.462 e. The van der Waals surface area contributed by atoms with Gasteiger partial charge in [0.15, 0.2) is 12.2 Å². The monoisotopic (exact) mass is 1440 g/mol. The molecule has 0 aromatic rings. The van der Waals surface area contributed by atoms with Crippen molar-refractivity contribution in [3.8, 4) is 0 Å². The molecule has 0 aliphatic heterocycles. The van der Waals surface area contributed by atoms with Crippen molar-refractivity contribution in [3.05, 3.63) is 0 Å². The van der Waals surface area contributed by atoms with Crippen molar-refractivity contribution in [2.45, 2.75) is 432 Å². The van der Waals surface area contributed by atoms with Crippen molar-refractivity contribution in [3.63, 3.8) is 0 Å². The van der Waals surface area contributed by atoms with Gasteiger partial charge in [0.05, 0.1) is 26.4 Å². The number of carbonyl (C=O) groups excluding carboxylic acids is 4. The summed E-state index contributed by atoms with van der Waals surface area (Å²) in [6.45, 7) is 9.60. The van der Waals surface area contributed by atoms with E-state index in [4.69, 9.17) is 37.0 Å². The Hall–Kier alpha value is -1.94. The zero-order valence-electron chi connectivity index (χ0n) is 64.1. The molecule has 0 heterocycles. The van der Waals surface area contributed by atoms with Crippen LogP contribution in [0.25, 0.3) is 0 Å². The summed E-state index contributed by atoms with van der Waals surface area (Å²) >= 11 is 0. The van der Waals surface area contributed by atoms with Crippen LogP contribution in [-0.2, 0) is 65.4 Å². The van der Waals surface area contributed by atoms with Crippen LogP contribution in [0.3, 0.4) is 0 Å². The average Bonchev–Trinajstić information content (AvgIpc) is 1.08. The second kappa shape index (κ2) is 70.7. The molecule has 3 N–H and O–H groups in total. The van der Waals surface area contributed by atoms with Crippen LogP contribution in [0.4, 0.5) is 0 Å². The Morgan fingerprint density at radius 1 is 0.276 bits per heavy atom. The predicted molar refractivity (Wildman–Crippen MR) is 400 cm³/mol. The second-order valence-corrected chi connectivity index (χ2v) is 32.3. The van der Waals surface area contributed by atoms with E-state index in [-0.39, 0.29) is 25.7 Å². The molecule has 0 bridgehead atoms. The topological polar surface area (TPSA) is 237 Å². The lowest BCUT2D eigenvalue weighted by molar-refractivity contribution is -0.161. The Morgan fingerprint density at radius 2 is 0.469 bits per heavy atom. The first kappa shape index (κ1) is 96.1. The minimum absolute atomic E-state index is 0.106. The zero-order chi connectivity index (χ0) is 72.1. The summed E-state index contributed by atoms with van der Waals surface area (Å²) in [4.78, 5) is 72.9. The second-order valence-electron chi connectivity index (χ2n) is 29.4. The number of phosphoric acid groups is 2. The van der Waals surface area contributed by atoms with Crippen LogP contribution < -0.4 is 0 Å². The van der Waals surface area contributed by atoms with Gasteiger partial charge in [-0.2, -0.15) is 0 Å². The number of rotatable bonds is 78. The SMILES string of the molecule is CCCCCCCCCCCCCCCCCCCCCCCC(=O)O[C@H](COC(=O)CCCCCCCCCCCCCC(C)C)COP(=O)(O)OC[C@@H](O)COP(=O)(O)OC[C@@H](COC(=O)CCCCCCCCCCCC)OC(=O)CCCCCCCCCCCCC(C)C. The summed E-state index contributed by atoms with van der Waals surface area (Å²) in [7, 11) is -9.91. The van der Waals surface area contributed by atoms with Gasteiger partial charge in [-0.25, -0.2) is 9.13 Å². The number of unbranched alkanes of at least 4 members (excludes halogenated alkanes) is 48. The molecule has 5 atom stereocenters. The van der Waals surface area contributed by atoms with Gasteiger partial charge >= 0.3 is 39.5 Å². The summed E-state index contributed by atoms with van der Waals surface area (Å²) in [5.41, 5.74) is 0. The number of ether oxygens (including phenoxy) is 4. The maximum Gasteiger partial charge on any atom is 0.472 e. The van der Waals surface area contributed by atoms with E-state index >= 15 is 0 Å². The number of aliphatic hydroxyl groups is 1. The third-order valence-electron chi connectivity index (χ3n) is 18.5. The number of carbonyl (C=O) groups is 4. The van der Waals surface area contributed by atoms with Crippen molar-refractivity contribution in [2.24, 2.45) is 11.8 Å². The van der Waals surface area contributed by atoms with Gasteiger partial charge in [0.1, 0.15) is 19.3 Å². The molecule has 0 aliphatic carbocycles. The maximum absolute atomic E-state index is 13.1. The quantitative estimate of drug-likeness (QED) is 0.0222. The molecule has 2 unspecified atom stereocenters. The third-order valence-corrected chi connectivity index (χ3v) is 20.4. The van der Waals surface area contributed by atoms with Crippen LogP contribution in [0.15, 0.2) is 0 Å². The molecule has 0 aromatic carbocycles. The molecular weight excluding hydrogens is 1280 g/mol. The van der Waals surface area contributed by atoms with Crippen molar-refractivity contribution in [2.75, 3.05) is 39.6 Å². The highest BCUT2D eigenvalue weighted by Crippen LogP contribution is 2.45. The summed E-state index contributed by atoms with van der Waals surface area (Å²) in [6.07, 6.45) is 59.7. The van der Waals surface area contributed by atoms with Gasteiger partial charge in [-0.05, 0) is 37.5 Å². The third kappa shape index (κ3) is 72.4. The Kier molecular flexibility index (Phi) is 69.3. The summed E-state index contributed by atoms with van der Waals surface area (Å²) < 4.78 is 68.6. The Morgan fingerprint density at radius 3 is 0.694 bits per heavy atom. The first-order chi connectivity index (χ1) is 47.4. The Balaban J connectivity index is 5.21. The van der Waals surface area contributed by atoms with E-state index in [1.54, 1.807) is 0 Å². The molecule has 0 spiro atoms. The molecule has 0 aromatic heterocycles. The average molecular weight is 1440 g/mol.